The Kier molecular flexibility index (Phi) is 62.5. The molecule has 0 aromatic heterocycles. The minimum Gasteiger partial charge on any atom is -0.466 e. The van der Waals surface area contributed by atoms with Crippen molar-refractivity contribution < 1.29 is 24.5 Å². The fraction of sp³-hybridized carbons (Fsp3) is 0.855. The van der Waals surface area contributed by atoms with Gasteiger partial charge in [-0.25, -0.2) is 0 Å². The lowest BCUT2D eigenvalue weighted by Gasteiger charge is -2.20. The Morgan fingerprint density at radius 1 is 0.373 bits per heavy atom. The predicted octanol–water partition coefficient (Wildman–Crippen LogP) is 21.3. The van der Waals surface area contributed by atoms with Crippen LogP contribution in [0.5, 0.6) is 0 Å². The summed E-state index contributed by atoms with van der Waals surface area (Å²) in [5.41, 5.74) is 0. The highest BCUT2D eigenvalue weighted by molar-refractivity contribution is 5.76. The van der Waals surface area contributed by atoms with E-state index >= 15 is 0 Å². The Balaban J connectivity index is 3.34. The van der Waals surface area contributed by atoms with E-state index in [1.54, 1.807) is 6.08 Å². The van der Waals surface area contributed by atoms with Crippen LogP contribution in [0.25, 0.3) is 0 Å². The smallest absolute Gasteiger partial charge is 0.305 e. The van der Waals surface area contributed by atoms with Crippen LogP contribution in [0.15, 0.2) is 48.6 Å². The Morgan fingerprint density at radius 3 is 1.05 bits per heavy atom. The fourth-order valence-electron chi connectivity index (χ4n) is 10.2. The summed E-state index contributed by atoms with van der Waals surface area (Å²) >= 11 is 0. The van der Waals surface area contributed by atoms with Gasteiger partial charge in [-0.1, -0.05) is 300 Å². The number of aliphatic hydroxyl groups excluding tert-OH is 2. The van der Waals surface area contributed by atoms with E-state index in [2.05, 4.69) is 55.6 Å². The van der Waals surface area contributed by atoms with Gasteiger partial charge in [0, 0.05) is 12.8 Å². The van der Waals surface area contributed by atoms with Crippen LogP contribution in [0.2, 0.25) is 0 Å². The minimum atomic E-state index is -0.841. The van der Waals surface area contributed by atoms with Crippen LogP contribution >= 0.6 is 0 Å². The van der Waals surface area contributed by atoms with E-state index in [9.17, 15) is 19.8 Å². The molecular weight excluding hydrogens is 923 g/mol. The van der Waals surface area contributed by atoms with Crippen molar-refractivity contribution in [1.29, 1.82) is 0 Å². The summed E-state index contributed by atoms with van der Waals surface area (Å²) in [5.74, 6) is -0.0559. The molecule has 0 spiro atoms. The van der Waals surface area contributed by atoms with Crippen molar-refractivity contribution in [3.63, 3.8) is 0 Å². The van der Waals surface area contributed by atoms with Crippen molar-refractivity contribution in [1.82, 2.24) is 5.32 Å². The molecule has 0 saturated carbocycles. The number of hydrogen-bond acceptors (Lipinski definition) is 5. The molecule has 0 fully saturated rings. The highest BCUT2D eigenvalue weighted by Crippen LogP contribution is 2.17. The van der Waals surface area contributed by atoms with E-state index in [-0.39, 0.29) is 18.5 Å². The van der Waals surface area contributed by atoms with Gasteiger partial charge in [0.05, 0.1) is 25.4 Å². The standard InChI is InChI=1S/C69H129NO5/c1-3-5-7-9-11-13-14-15-16-17-30-34-37-40-43-47-51-55-59-63-69(74)75-64-60-56-52-48-44-41-38-35-32-29-27-25-23-21-19-18-20-22-24-26-28-31-33-36-39-42-46-50-54-58-62-68(73)70-66(65-71)67(72)61-57-53-49-45-12-10-8-6-4-2/h11,13,15-16,19,21,57,61,66-67,71-72H,3-10,12,14,17-18,20,22-56,58-60,62-65H2,1-2H3,(H,70,73)/b13-11-,16-15-,21-19-,61-57+. The van der Waals surface area contributed by atoms with E-state index in [0.29, 0.717) is 19.4 Å². The molecule has 440 valence electrons. The van der Waals surface area contributed by atoms with E-state index in [0.717, 1.165) is 51.4 Å². The number of esters is 1. The van der Waals surface area contributed by atoms with Gasteiger partial charge in [0.2, 0.25) is 5.91 Å². The number of amides is 1. The zero-order valence-corrected chi connectivity index (χ0v) is 50.3. The predicted molar refractivity (Wildman–Crippen MR) is 329 cm³/mol. The highest BCUT2D eigenvalue weighted by atomic mass is 16.5. The topological polar surface area (TPSA) is 95.9 Å². The van der Waals surface area contributed by atoms with Gasteiger partial charge in [-0.3, -0.25) is 9.59 Å². The van der Waals surface area contributed by atoms with Gasteiger partial charge in [-0.2, -0.15) is 0 Å². The molecule has 0 aromatic rings. The number of rotatable bonds is 62. The van der Waals surface area contributed by atoms with E-state index in [4.69, 9.17) is 4.74 Å². The average molecular weight is 1050 g/mol. The molecule has 2 unspecified atom stereocenters. The van der Waals surface area contributed by atoms with Crippen LogP contribution in [-0.2, 0) is 14.3 Å². The first-order valence-electron chi connectivity index (χ1n) is 33.4. The van der Waals surface area contributed by atoms with E-state index in [1.165, 1.54) is 276 Å². The van der Waals surface area contributed by atoms with Gasteiger partial charge >= 0.3 is 5.97 Å². The molecule has 0 aliphatic rings. The van der Waals surface area contributed by atoms with Crippen molar-refractivity contribution in [2.75, 3.05) is 13.2 Å². The molecule has 0 aromatic carbocycles. The van der Waals surface area contributed by atoms with Crippen LogP contribution in [0, 0.1) is 0 Å². The van der Waals surface area contributed by atoms with Gasteiger partial charge in [0.1, 0.15) is 0 Å². The summed E-state index contributed by atoms with van der Waals surface area (Å²) in [5, 5.41) is 23.0. The number of allylic oxidation sites excluding steroid dienone is 7. The molecule has 0 rings (SSSR count). The van der Waals surface area contributed by atoms with Gasteiger partial charge in [-0.15, -0.1) is 0 Å². The average Bonchev–Trinajstić information content (AvgIpc) is 3.41. The zero-order chi connectivity index (χ0) is 54.3. The summed E-state index contributed by atoms with van der Waals surface area (Å²) < 4.78 is 5.50. The maximum absolute atomic E-state index is 12.4. The molecule has 3 N–H and O–H groups in total. The number of carbonyl (C=O) groups is 2. The first-order chi connectivity index (χ1) is 37.0. The number of aliphatic hydroxyl groups is 2. The molecular formula is C69H129NO5. The molecule has 0 aliphatic carbocycles. The second-order valence-corrected chi connectivity index (χ2v) is 22.8. The quantitative estimate of drug-likeness (QED) is 0.0320. The molecule has 6 heteroatoms. The number of unbranched alkanes of at least 4 members (excludes halogenated alkanes) is 45. The maximum Gasteiger partial charge on any atom is 0.305 e. The number of carbonyl (C=O) groups excluding carboxylic acids is 2. The third-order valence-corrected chi connectivity index (χ3v) is 15.3. The number of nitrogens with one attached hydrogen (secondary N) is 1. The van der Waals surface area contributed by atoms with Crippen LogP contribution in [0.4, 0.5) is 0 Å². The first kappa shape index (κ1) is 72.8. The van der Waals surface area contributed by atoms with Crippen molar-refractivity contribution in [3.8, 4) is 0 Å². The second kappa shape index (κ2) is 64.3. The summed E-state index contributed by atoms with van der Waals surface area (Å²) in [4.78, 5) is 24.5. The Hall–Kier alpha value is -2.18. The van der Waals surface area contributed by atoms with Crippen LogP contribution in [0.1, 0.15) is 354 Å². The van der Waals surface area contributed by atoms with Crippen molar-refractivity contribution in [3.05, 3.63) is 48.6 Å². The fourth-order valence-corrected chi connectivity index (χ4v) is 10.2. The largest absolute Gasteiger partial charge is 0.466 e. The number of hydrogen-bond donors (Lipinski definition) is 3. The van der Waals surface area contributed by atoms with Gasteiger partial charge in [0.15, 0.2) is 0 Å². The second-order valence-electron chi connectivity index (χ2n) is 22.8. The van der Waals surface area contributed by atoms with E-state index in [1.807, 2.05) is 6.08 Å². The first-order valence-corrected chi connectivity index (χ1v) is 33.4. The third kappa shape index (κ3) is 60.9. The monoisotopic (exact) mass is 1050 g/mol. The van der Waals surface area contributed by atoms with Crippen molar-refractivity contribution in [2.45, 2.75) is 366 Å². The third-order valence-electron chi connectivity index (χ3n) is 15.3. The lowest BCUT2D eigenvalue weighted by atomic mass is 10.0. The van der Waals surface area contributed by atoms with Gasteiger partial charge < -0.3 is 20.3 Å². The summed E-state index contributed by atoms with van der Waals surface area (Å²) in [6.45, 7) is 4.86. The van der Waals surface area contributed by atoms with Gasteiger partial charge in [0.25, 0.3) is 0 Å². The lowest BCUT2D eigenvalue weighted by molar-refractivity contribution is -0.143. The molecule has 6 nitrogen and oxygen atoms in total. The minimum absolute atomic E-state index is 0.0128. The van der Waals surface area contributed by atoms with Crippen molar-refractivity contribution in [2.24, 2.45) is 0 Å². The lowest BCUT2D eigenvalue weighted by Crippen LogP contribution is -2.45. The Bertz CT molecular complexity index is 1260. The summed E-state index contributed by atoms with van der Waals surface area (Å²) in [7, 11) is 0. The SMILES string of the molecule is CCCCC/C=C\C/C=C\CCCCCCCCCCCC(=O)OCCCCCCCCCCCCCC/C=C\CCCCCCCCCCCCCCCCC(=O)NC(CO)C(O)/C=C/CCCCCCCCC. The molecule has 0 saturated heterocycles. The maximum atomic E-state index is 12.4. The summed E-state index contributed by atoms with van der Waals surface area (Å²) in [6, 6.07) is -0.625. The zero-order valence-electron chi connectivity index (χ0n) is 50.3. The number of ether oxygens (including phenoxy) is 1. The van der Waals surface area contributed by atoms with Crippen LogP contribution < -0.4 is 5.32 Å². The van der Waals surface area contributed by atoms with Crippen LogP contribution in [-0.4, -0.2) is 47.4 Å². The molecule has 75 heavy (non-hydrogen) atoms. The molecule has 1 amide bonds. The Morgan fingerprint density at radius 2 is 0.667 bits per heavy atom. The van der Waals surface area contributed by atoms with E-state index < -0.39 is 12.1 Å². The van der Waals surface area contributed by atoms with Crippen molar-refractivity contribution >= 4 is 11.9 Å². The normalized spacial score (nSPS) is 12.9. The van der Waals surface area contributed by atoms with Crippen LogP contribution in [0.3, 0.4) is 0 Å². The molecule has 2 atom stereocenters. The molecule has 0 bridgehead atoms. The highest BCUT2D eigenvalue weighted by Gasteiger charge is 2.18. The summed E-state index contributed by atoms with van der Waals surface area (Å²) in [6.07, 6.45) is 83.3. The molecule has 0 aliphatic heterocycles. The molecule has 0 heterocycles. The Labute approximate surface area is 467 Å². The molecule has 0 radical (unpaired) electrons. The van der Waals surface area contributed by atoms with Gasteiger partial charge in [-0.05, 0) is 89.9 Å².